The third kappa shape index (κ3) is 8.45. The summed E-state index contributed by atoms with van der Waals surface area (Å²) in [5.74, 6) is -0.381. The summed E-state index contributed by atoms with van der Waals surface area (Å²) in [5.41, 5.74) is 7.19. The first-order chi connectivity index (χ1) is 27.6. The molecule has 0 radical (unpaired) electrons. The number of nitrogens with two attached hydrogens (primary N) is 1. The van der Waals surface area contributed by atoms with Gasteiger partial charge in [-0.15, -0.1) is 0 Å². The van der Waals surface area contributed by atoms with E-state index in [4.69, 9.17) is 15.2 Å². The van der Waals surface area contributed by atoms with Gasteiger partial charge in [-0.2, -0.15) is 13.2 Å². The number of aryl methyl sites for hydroxylation is 1. The molecule has 4 heterocycles. The summed E-state index contributed by atoms with van der Waals surface area (Å²) in [6.45, 7) is 4.25. The number of benzene rings is 3. The molecule has 1 unspecified atom stereocenters. The van der Waals surface area contributed by atoms with E-state index in [1.165, 1.54) is 18.1 Å². The van der Waals surface area contributed by atoms with Gasteiger partial charge in [-0.1, -0.05) is 6.07 Å². The number of rotatable bonds is 11. The molecule has 0 aliphatic carbocycles. The highest BCUT2D eigenvalue weighted by Gasteiger charge is 2.39. The predicted molar refractivity (Wildman–Crippen MR) is 205 cm³/mol. The molecule has 0 spiro atoms. The molecule has 2 saturated heterocycles. The predicted octanol–water partition coefficient (Wildman–Crippen LogP) is 4.88. The lowest BCUT2D eigenvalue weighted by molar-refractivity contribution is -0.138. The summed E-state index contributed by atoms with van der Waals surface area (Å²) < 4.78 is 52.5. The third-order valence-electron chi connectivity index (χ3n) is 10.4. The molecule has 58 heavy (non-hydrogen) atoms. The molecule has 3 aliphatic heterocycles. The van der Waals surface area contributed by atoms with Crippen molar-refractivity contribution in [1.29, 1.82) is 0 Å². The first-order valence-corrected chi connectivity index (χ1v) is 18.7. The Balaban J connectivity index is 0.958. The number of ether oxygens (including phenoxy) is 2. The monoisotopic (exact) mass is 802 g/mol. The Labute approximate surface area is 330 Å². The molecule has 3 atom stereocenters. The molecule has 15 nitrogen and oxygen atoms in total. The quantitative estimate of drug-likeness (QED) is 0.119. The zero-order valence-corrected chi connectivity index (χ0v) is 31.9. The Morgan fingerprint density at radius 2 is 1.83 bits per heavy atom. The summed E-state index contributed by atoms with van der Waals surface area (Å²) in [6, 6.07) is 10.3. The second-order valence-electron chi connectivity index (χ2n) is 14.6. The number of amides is 5. The van der Waals surface area contributed by atoms with E-state index in [0.717, 1.165) is 12.1 Å². The van der Waals surface area contributed by atoms with Crippen LogP contribution in [0.3, 0.4) is 0 Å². The van der Waals surface area contributed by atoms with Gasteiger partial charge in [0.1, 0.15) is 23.8 Å². The van der Waals surface area contributed by atoms with Crippen LogP contribution in [0.5, 0.6) is 11.5 Å². The minimum atomic E-state index is -4.57. The molecule has 18 heteroatoms. The van der Waals surface area contributed by atoms with Crippen LogP contribution in [0.1, 0.15) is 77.9 Å². The van der Waals surface area contributed by atoms with Gasteiger partial charge in [0.25, 0.3) is 5.91 Å². The molecule has 3 aliphatic rings. The SMILES string of the molecule is COc1cc2nc(C)nc(N[C@H](C)c3cc(N)cc(C(F)(F)F)c3)c2cc1O[C@H]1CCN(C(=O)CCC(=O)Nc2ccc3c(c2)C(=O)N(C2CCC(=O)NC2=O)C3)C1. The van der Waals surface area contributed by atoms with Crippen molar-refractivity contribution in [3.63, 3.8) is 0 Å². The van der Waals surface area contributed by atoms with Crippen LogP contribution in [0.25, 0.3) is 10.9 Å². The lowest BCUT2D eigenvalue weighted by Gasteiger charge is -2.29. The van der Waals surface area contributed by atoms with Crippen molar-refractivity contribution in [1.82, 2.24) is 25.1 Å². The zero-order chi connectivity index (χ0) is 41.5. The average Bonchev–Trinajstić information content (AvgIpc) is 3.77. The highest BCUT2D eigenvalue weighted by molar-refractivity contribution is 6.06. The minimum Gasteiger partial charge on any atom is -0.493 e. The first kappa shape index (κ1) is 39.8. The Bertz CT molecular complexity index is 2340. The van der Waals surface area contributed by atoms with Crippen LogP contribution in [0, 0.1) is 6.92 Å². The fourth-order valence-electron chi connectivity index (χ4n) is 7.46. The van der Waals surface area contributed by atoms with Crippen LogP contribution in [0.2, 0.25) is 0 Å². The smallest absolute Gasteiger partial charge is 0.416 e. The molecule has 5 N–H and O–H groups in total. The summed E-state index contributed by atoms with van der Waals surface area (Å²) in [5, 5.41) is 8.75. The van der Waals surface area contributed by atoms with Crippen LogP contribution < -0.4 is 31.2 Å². The number of anilines is 3. The maximum absolute atomic E-state index is 13.5. The van der Waals surface area contributed by atoms with Crippen molar-refractivity contribution in [2.24, 2.45) is 0 Å². The Hall–Kier alpha value is -6.46. The third-order valence-corrected chi connectivity index (χ3v) is 10.4. The van der Waals surface area contributed by atoms with E-state index >= 15 is 0 Å². The van der Waals surface area contributed by atoms with Crippen LogP contribution in [-0.4, -0.2) is 81.6 Å². The Morgan fingerprint density at radius 1 is 1.03 bits per heavy atom. The van der Waals surface area contributed by atoms with Gasteiger partial charge < -0.3 is 35.6 Å². The van der Waals surface area contributed by atoms with E-state index in [-0.39, 0.29) is 62.2 Å². The lowest BCUT2D eigenvalue weighted by atomic mass is 10.0. The number of hydrogen-bond donors (Lipinski definition) is 4. The van der Waals surface area contributed by atoms with E-state index in [9.17, 15) is 37.1 Å². The number of carbonyl (C=O) groups is 5. The van der Waals surface area contributed by atoms with Gasteiger partial charge in [0.15, 0.2) is 11.5 Å². The summed E-state index contributed by atoms with van der Waals surface area (Å²) in [4.78, 5) is 75.2. The van der Waals surface area contributed by atoms with Gasteiger partial charge in [0.2, 0.25) is 23.6 Å². The molecule has 7 rings (SSSR count). The van der Waals surface area contributed by atoms with E-state index in [2.05, 4.69) is 25.9 Å². The molecular weight excluding hydrogens is 761 g/mol. The largest absolute Gasteiger partial charge is 0.493 e. The van der Waals surface area contributed by atoms with Crippen molar-refractivity contribution in [2.75, 3.05) is 36.6 Å². The second-order valence-corrected chi connectivity index (χ2v) is 14.6. The molecule has 1 aromatic heterocycles. The number of fused-ring (bicyclic) bond motifs is 2. The molecule has 304 valence electrons. The summed E-state index contributed by atoms with van der Waals surface area (Å²) in [7, 11) is 1.48. The van der Waals surface area contributed by atoms with Crippen LogP contribution in [0.15, 0.2) is 48.5 Å². The number of imide groups is 1. The van der Waals surface area contributed by atoms with Gasteiger partial charge in [-0.25, -0.2) is 9.97 Å². The van der Waals surface area contributed by atoms with E-state index in [0.29, 0.717) is 69.4 Å². The minimum absolute atomic E-state index is 0.0218. The van der Waals surface area contributed by atoms with Crippen LogP contribution >= 0.6 is 0 Å². The van der Waals surface area contributed by atoms with Crippen molar-refractivity contribution < 1.29 is 46.6 Å². The van der Waals surface area contributed by atoms with Crippen LogP contribution in [-0.2, 0) is 31.9 Å². The van der Waals surface area contributed by atoms with Gasteiger partial charge in [0.05, 0.1) is 30.8 Å². The maximum atomic E-state index is 13.5. The number of methoxy groups -OCH3 is 1. The molecule has 0 saturated carbocycles. The highest BCUT2D eigenvalue weighted by Crippen LogP contribution is 2.38. The number of carbonyl (C=O) groups excluding carboxylic acids is 5. The van der Waals surface area contributed by atoms with Crippen molar-refractivity contribution in [3.8, 4) is 11.5 Å². The highest BCUT2D eigenvalue weighted by atomic mass is 19.4. The number of likely N-dealkylation sites (tertiary alicyclic amines) is 1. The van der Waals surface area contributed by atoms with Crippen LogP contribution in [0.4, 0.5) is 30.4 Å². The van der Waals surface area contributed by atoms with Gasteiger partial charge in [-0.05, 0) is 67.8 Å². The van der Waals surface area contributed by atoms with Gasteiger partial charge >= 0.3 is 6.18 Å². The number of alkyl halides is 3. The standard InChI is InChI=1S/C40H41F3N8O7/c1-20(23-12-24(40(41,42)43)14-25(44)13-23)45-37-29-16-33(32(57-3)17-30(29)46-21(2)47-37)58-27-10-11-50(19-27)36(54)9-8-34(52)48-26-5-4-22-18-51(39(56)28(22)15-26)31-6-7-35(53)49-38(31)55/h4-5,12-17,20,27,31H,6-11,18-19,44H2,1-3H3,(H,48,52)(H,45,46,47)(H,49,53,55)/t20-,27+,31?/m1/s1. The number of halogens is 3. The van der Waals surface area contributed by atoms with Crippen molar-refractivity contribution in [2.45, 2.75) is 76.9 Å². The molecule has 2 fully saturated rings. The maximum Gasteiger partial charge on any atom is 0.416 e. The molecular formula is C40H41F3N8O7. The average molecular weight is 803 g/mol. The molecule has 3 aromatic carbocycles. The number of aromatic nitrogens is 2. The van der Waals surface area contributed by atoms with E-state index < -0.39 is 41.7 Å². The van der Waals surface area contributed by atoms with Crippen molar-refractivity contribution >= 4 is 57.6 Å². The number of nitrogens with one attached hydrogen (secondary N) is 3. The molecule has 0 bridgehead atoms. The number of hydrogen-bond acceptors (Lipinski definition) is 11. The topological polar surface area (TPSA) is 198 Å². The van der Waals surface area contributed by atoms with Gasteiger partial charge in [0, 0.05) is 67.2 Å². The Morgan fingerprint density at radius 3 is 2.57 bits per heavy atom. The number of piperidine rings is 1. The normalized spacial score (nSPS) is 18.6. The zero-order valence-electron chi connectivity index (χ0n) is 31.9. The van der Waals surface area contributed by atoms with E-state index in [1.807, 2.05) is 0 Å². The second kappa shape index (κ2) is 15.8. The fraction of sp³-hybridized carbons (Fsp3) is 0.375. The summed E-state index contributed by atoms with van der Waals surface area (Å²) in [6.07, 6.45) is -4.26. The first-order valence-electron chi connectivity index (χ1n) is 18.7. The fourth-order valence-corrected chi connectivity index (χ4v) is 7.46. The van der Waals surface area contributed by atoms with E-state index in [1.54, 1.807) is 49.1 Å². The van der Waals surface area contributed by atoms with Crippen molar-refractivity contribution in [3.05, 3.63) is 76.6 Å². The molecule has 5 amide bonds. The number of nitrogens with zero attached hydrogens (tertiary/aromatic N) is 4. The Kier molecular flexibility index (Phi) is 10.8. The lowest BCUT2D eigenvalue weighted by Crippen LogP contribution is -2.52. The number of nitrogen functional groups attached to an aromatic ring is 1. The summed E-state index contributed by atoms with van der Waals surface area (Å²) >= 11 is 0. The molecule has 4 aromatic rings. The van der Waals surface area contributed by atoms with Gasteiger partial charge in [-0.3, -0.25) is 29.3 Å².